The number of nitro groups is 1. The first-order valence-corrected chi connectivity index (χ1v) is 11.8. The van der Waals surface area contributed by atoms with E-state index in [0.29, 0.717) is 17.0 Å². The third-order valence-corrected chi connectivity index (χ3v) is 5.56. The maximum Gasteiger partial charge on any atom is 0.329 e. The van der Waals surface area contributed by atoms with Crippen LogP contribution in [0.1, 0.15) is 12.0 Å². The Morgan fingerprint density at radius 1 is 1.21 bits per heavy atom. The minimum atomic E-state index is -3.39. The van der Waals surface area contributed by atoms with Crippen LogP contribution in [0.15, 0.2) is 59.6 Å². The van der Waals surface area contributed by atoms with E-state index in [9.17, 15) is 23.3 Å². The van der Waals surface area contributed by atoms with Crippen molar-refractivity contribution in [3.63, 3.8) is 0 Å². The monoisotopic (exact) mass is 487 g/mol. The molecule has 34 heavy (non-hydrogen) atoms. The molecule has 0 radical (unpaired) electrons. The van der Waals surface area contributed by atoms with Gasteiger partial charge >= 0.3 is 11.7 Å². The van der Waals surface area contributed by atoms with Crippen molar-refractivity contribution in [1.29, 1.82) is 0 Å². The van der Waals surface area contributed by atoms with Crippen LogP contribution < -0.4 is 15.4 Å². The van der Waals surface area contributed by atoms with Gasteiger partial charge in [-0.3, -0.25) is 14.9 Å². The van der Waals surface area contributed by atoms with Crippen molar-refractivity contribution in [3.8, 4) is 5.75 Å². The maximum atomic E-state index is 11.8. The molecule has 0 fully saturated rings. The van der Waals surface area contributed by atoms with E-state index in [1.165, 1.54) is 12.1 Å². The van der Waals surface area contributed by atoms with Crippen molar-refractivity contribution in [2.75, 3.05) is 23.5 Å². The normalized spacial score (nSPS) is 11.0. The summed E-state index contributed by atoms with van der Waals surface area (Å²) in [6.07, 6.45) is 2.04. The topological polar surface area (TPSA) is 174 Å². The molecule has 0 unspecified atom stereocenters. The first kappa shape index (κ1) is 24.4. The number of carboxylic acid groups (broad SMARTS) is 1. The van der Waals surface area contributed by atoms with Crippen LogP contribution in [0.25, 0.3) is 0 Å². The lowest BCUT2D eigenvalue weighted by Crippen LogP contribution is -2.08. The zero-order chi connectivity index (χ0) is 24.7. The van der Waals surface area contributed by atoms with Gasteiger partial charge in [-0.05, 0) is 42.0 Å². The van der Waals surface area contributed by atoms with Gasteiger partial charge in [-0.1, -0.05) is 12.1 Å². The zero-order valence-corrected chi connectivity index (χ0v) is 18.8. The Hall–Kier alpha value is -4.26. The number of nitrogens with one attached hydrogen (secondary N) is 2. The van der Waals surface area contributed by atoms with Crippen LogP contribution in [-0.4, -0.2) is 47.2 Å². The fourth-order valence-electron chi connectivity index (χ4n) is 2.79. The molecule has 178 valence electrons. The van der Waals surface area contributed by atoms with Gasteiger partial charge in [0.25, 0.3) is 0 Å². The largest absolute Gasteiger partial charge is 0.493 e. The number of carboxylic acids is 1. The molecule has 1 heterocycles. The van der Waals surface area contributed by atoms with Crippen molar-refractivity contribution < 1.29 is 28.0 Å². The molecule has 0 saturated carbocycles. The van der Waals surface area contributed by atoms with E-state index < -0.39 is 20.7 Å². The Kier molecular flexibility index (Phi) is 7.58. The third kappa shape index (κ3) is 6.87. The fourth-order valence-corrected chi connectivity index (χ4v) is 3.48. The molecular formula is C21H21N5O7S. The van der Waals surface area contributed by atoms with Gasteiger partial charge < -0.3 is 20.5 Å². The van der Waals surface area contributed by atoms with Gasteiger partial charge in [-0.25, -0.2) is 13.4 Å². The van der Waals surface area contributed by atoms with Crippen LogP contribution in [0.4, 0.5) is 23.1 Å². The molecule has 0 aliphatic carbocycles. The van der Waals surface area contributed by atoms with Gasteiger partial charge in [-0.15, -0.1) is 0 Å². The summed E-state index contributed by atoms with van der Waals surface area (Å²) < 4.78 is 28.8. The van der Waals surface area contributed by atoms with E-state index in [0.717, 1.165) is 12.5 Å². The average Bonchev–Trinajstić information content (AvgIpc) is 2.78. The Balaban J connectivity index is 1.72. The number of benzene rings is 2. The summed E-state index contributed by atoms with van der Waals surface area (Å²) in [6.45, 7) is 0.138. The number of sulfone groups is 1. The summed E-state index contributed by atoms with van der Waals surface area (Å²) in [5.41, 5.74) is 0.835. The lowest BCUT2D eigenvalue weighted by Gasteiger charge is -2.10. The molecule has 2 aromatic carbocycles. The molecule has 1 aromatic heterocycles. The fraction of sp³-hybridized carbons (Fsp3) is 0.190. The number of hydrogen-bond donors (Lipinski definition) is 3. The molecule has 0 saturated heterocycles. The molecule has 12 nitrogen and oxygen atoms in total. The van der Waals surface area contributed by atoms with Crippen LogP contribution in [0.3, 0.4) is 0 Å². The number of rotatable bonds is 11. The van der Waals surface area contributed by atoms with E-state index in [-0.39, 0.29) is 41.9 Å². The van der Waals surface area contributed by atoms with E-state index >= 15 is 0 Å². The lowest BCUT2D eigenvalue weighted by molar-refractivity contribution is -0.384. The minimum absolute atomic E-state index is 0.0374. The summed E-state index contributed by atoms with van der Waals surface area (Å²) in [5.74, 6) is -0.422. The number of carbonyl (C=O) groups is 1. The van der Waals surface area contributed by atoms with Gasteiger partial charge in [0.05, 0.1) is 22.8 Å². The number of hydrogen-bond acceptors (Lipinski definition) is 10. The summed E-state index contributed by atoms with van der Waals surface area (Å²) in [4.78, 5) is 29.6. The van der Waals surface area contributed by atoms with Crippen LogP contribution >= 0.6 is 0 Å². The van der Waals surface area contributed by atoms with Gasteiger partial charge in [-0.2, -0.15) is 4.98 Å². The van der Waals surface area contributed by atoms with E-state index in [1.54, 1.807) is 36.4 Å². The van der Waals surface area contributed by atoms with E-state index in [2.05, 4.69) is 20.6 Å². The average molecular weight is 487 g/mol. The highest BCUT2D eigenvalue weighted by Gasteiger charge is 2.18. The van der Waals surface area contributed by atoms with Gasteiger partial charge in [0.15, 0.2) is 9.84 Å². The highest BCUT2D eigenvalue weighted by molar-refractivity contribution is 7.90. The van der Waals surface area contributed by atoms with Crippen LogP contribution in [0.2, 0.25) is 0 Å². The molecule has 13 heteroatoms. The Morgan fingerprint density at radius 3 is 2.59 bits per heavy atom. The first-order chi connectivity index (χ1) is 16.1. The number of aromatic nitrogens is 2. The van der Waals surface area contributed by atoms with Gasteiger partial charge in [0, 0.05) is 18.5 Å². The van der Waals surface area contributed by atoms with Gasteiger partial charge in [0.1, 0.15) is 11.9 Å². The van der Waals surface area contributed by atoms with Gasteiger partial charge in [0.2, 0.25) is 11.8 Å². The standard InChI is InChI=1S/C21H21N5O7S/c1-34(31,32)17-4-2-3-14(11-17)12-22-20-18(26(29)30)13-23-21(25-20)24-15-5-7-16(8-6-15)33-10-9-19(27)28/h2-8,11,13H,9-10,12H2,1H3,(H,27,28)(H2,22,23,24,25). The SMILES string of the molecule is CS(=O)(=O)c1cccc(CNc2nc(Nc3ccc(OCCC(=O)O)cc3)ncc2[N+](=O)[O-])c1. The van der Waals surface area contributed by atoms with Crippen molar-refractivity contribution in [3.05, 3.63) is 70.4 Å². The Morgan fingerprint density at radius 2 is 1.94 bits per heavy atom. The van der Waals surface area contributed by atoms with E-state index in [1.807, 2.05) is 0 Å². The van der Waals surface area contributed by atoms with Crippen LogP contribution in [-0.2, 0) is 21.2 Å². The molecule has 3 N–H and O–H groups in total. The predicted molar refractivity (Wildman–Crippen MR) is 123 cm³/mol. The van der Waals surface area contributed by atoms with Crippen molar-refractivity contribution >= 4 is 38.9 Å². The second kappa shape index (κ2) is 10.6. The second-order valence-corrected chi connectivity index (χ2v) is 9.12. The molecule has 0 atom stereocenters. The van der Waals surface area contributed by atoms with Crippen molar-refractivity contribution in [2.45, 2.75) is 17.9 Å². The first-order valence-electron chi connectivity index (χ1n) is 9.88. The molecule has 0 aliphatic rings. The summed E-state index contributed by atoms with van der Waals surface area (Å²) >= 11 is 0. The second-order valence-electron chi connectivity index (χ2n) is 7.10. The number of anilines is 3. The summed E-state index contributed by atoms with van der Waals surface area (Å²) in [7, 11) is -3.39. The minimum Gasteiger partial charge on any atom is -0.493 e. The molecule has 0 bridgehead atoms. The maximum absolute atomic E-state index is 11.8. The van der Waals surface area contributed by atoms with Crippen molar-refractivity contribution in [2.24, 2.45) is 0 Å². The Bertz CT molecular complexity index is 1300. The summed E-state index contributed by atoms with van der Waals surface area (Å²) in [6, 6.07) is 12.8. The summed E-state index contributed by atoms with van der Waals surface area (Å²) in [5, 5.41) is 25.8. The highest BCUT2D eigenvalue weighted by atomic mass is 32.2. The van der Waals surface area contributed by atoms with Crippen LogP contribution in [0, 0.1) is 10.1 Å². The number of ether oxygens (including phenoxy) is 1. The molecule has 3 rings (SSSR count). The highest BCUT2D eigenvalue weighted by Crippen LogP contribution is 2.25. The molecule has 3 aromatic rings. The number of nitrogens with zero attached hydrogens (tertiary/aromatic N) is 3. The molecular weight excluding hydrogens is 466 g/mol. The number of aliphatic carboxylic acids is 1. The zero-order valence-electron chi connectivity index (χ0n) is 18.0. The van der Waals surface area contributed by atoms with E-state index in [4.69, 9.17) is 9.84 Å². The molecule has 0 spiro atoms. The third-order valence-electron chi connectivity index (χ3n) is 4.45. The smallest absolute Gasteiger partial charge is 0.329 e. The van der Waals surface area contributed by atoms with Crippen LogP contribution in [0.5, 0.6) is 5.75 Å². The lowest BCUT2D eigenvalue weighted by atomic mass is 10.2. The quantitative estimate of drug-likeness (QED) is 0.268. The predicted octanol–water partition coefficient (Wildman–Crippen LogP) is 3.00. The molecule has 0 amide bonds. The van der Waals surface area contributed by atoms with Crippen molar-refractivity contribution in [1.82, 2.24) is 9.97 Å². The molecule has 0 aliphatic heterocycles. The Labute approximate surface area is 194 Å².